The molecule has 0 bridgehead atoms. The quantitative estimate of drug-likeness (QED) is 0.457. The van der Waals surface area contributed by atoms with Crippen molar-refractivity contribution in [1.82, 2.24) is 10.2 Å². The van der Waals surface area contributed by atoms with Crippen LogP contribution in [0.15, 0.2) is 24.3 Å². The standard InChI is InChI=1S/C20H31N3O2.C2HF3O2/c24-23(25)20-8-4-7-19(13-20)15-21-14-17-9-11-22(12-10-17)16-18-5-2-1-3-6-18;3-2(4,5)1(6)7/h4,7-8,13,17-18,21H,1-3,5-6,9-12,14-16H2;(H,6,7). The van der Waals surface area contributed by atoms with E-state index in [-0.39, 0.29) is 10.6 Å². The molecule has 10 heteroatoms. The number of aliphatic carboxylic acids is 1. The highest BCUT2D eigenvalue weighted by Gasteiger charge is 2.38. The fourth-order valence-electron chi connectivity index (χ4n) is 4.31. The number of rotatable bonds is 7. The van der Waals surface area contributed by atoms with E-state index in [2.05, 4.69) is 10.2 Å². The van der Waals surface area contributed by atoms with Crippen LogP contribution in [0.2, 0.25) is 0 Å². The van der Waals surface area contributed by atoms with Gasteiger partial charge in [0.25, 0.3) is 5.69 Å². The van der Waals surface area contributed by atoms with Crippen molar-refractivity contribution < 1.29 is 28.0 Å². The van der Waals surface area contributed by atoms with Crippen LogP contribution < -0.4 is 5.32 Å². The lowest BCUT2D eigenvalue weighted by atomic mass is 9.88. The highest BCUT2D eigenvalue weighted by Crippen LogP contribution is 2.26. The number of halogens is 3. The van der Waals surface area contributed by atoms with Crippen LogP contribution in [0.1, 0.15) is 50.5 Å². The summed E-state index contributed by atoms with van der Waals surface area (Å²) in [7, 11) is 0. The molecular weight excluding hydrogens is 427 g/mol. The molecular formula is C22H32F3N3O4. The second-order valence-electron chi connectivity index (χ2n) is 8.61. The lowest BCUT2D eigenvalue weighted by Crippen LogP contribution is -2.39. The summed E-state index contributed by atoms with van der Waals surface area (Å²) in [6.07, 6.45) is 4.64. The van der Waals surface area contributed by atoms with Crippen molar-refractivity contribution in [2.75, 3.05) is 26.2 Å². The predicted molar refractivity (Wildman–Crippen MR) is 114 cm³/mol. The third-order valence-corrected chi connectivity index (χ3v) is 6.07. The second kappa shape index (κ2) is 12.7. The third-order valence-electron chi connectivity index (χ3n) is 6.07. The second-order valence-corrected chi connectivity index (χ2v) is 8.61. The van der Waals surface area contributed by atoms with E-state index >= 15 is 0 Å². The number of carboxylic acid groups (broad SMARTS) is 1. The number of nitro benzene ring substituents is 1. The molecule has 2 N–H and O–H groups in total. The average molecular weight is 460 g/mol. The van der Waals surface area contributed by atoms with E-state index in [1.807, 2.05) is 6.07 Å². The number of hydrogen-bond donors (Lipinski definition) is 2. The van der Waals surface area contributed by atoms with Crippen LogP contribution in [-0.2, 0) is 11.3 Å². The number of hydrogen-bond acceptors (Lipinski definition) is 5. The largest absolute Gasteiger partial charge is 0.490 e. The van der Waals surface area contributed by atoms with Crippen LogP contribution in [0.25, 0.3) is 0 Å². The molecule has 1 aliphatic heterocycles. The molecule has 1 heterocycles. The van der Waals surface area contributed by atoms with Crippen LogP contribution in [0.3, 0.4) is 0 Å². The zero-order valence-electron chi connectivity index (χ0n) is 18.1. The van der Waals surface area contributed by atoms with Crippen LogP contribution >= 0.6 is 0 Å². The number of benzene rings is 1. The summed E-state index contributed by atoms with van der Waals surface area (Å²) in [5.41, 5.74) is 1.17. The Balaban J connectivity index is 0.000000451. The molecule has 0 unspecified atom stereocenters. The summed E-state index contributed by atoms with van der Waals surface area (Å²) in [5.74, 6) is -1.08. The zero-order chi connectivity index (χ0) is 23.6. The molecule has 1 saturated carbocycles. The number of carbonyl (C=O) groups is 1. The van der Waals surface area contributed by atoms with Gasteiger partial charge in [0, 0.05) is 25.2 Å². The Bertz CT molecular complexity index is 731. The first-order valence-corrected chi connectivity index (χ1v) is 11.1. The Kier molecular flexibility index (Phi) is 10.4. The van der Waals surface area contributed by atoms with Crippen molar-refractivity contribution in [3.8, 4) is 0 Å². The van der Waals surface area contributed by atoms with Gasteiger partial charge in [-0.3, -0.25) is 10.1 Å². The number of carboxylic acids is 1. The molecule has 2 aliphatic rings. The van der Waals surface area contributed by atoms with Gasteiger partial charge < -0.3 is 15.3 Å². The fourth-order valence-corrected chi connectivity index (χ4v) is 4.31. The average Bonchev–Trinajstić information content (AvgIpc) is 2.76. The molecule has 2 fully saturated rings. The molecule has 1 aromatic carbocycles. The molecule has 1 saturated heterocycles. The van der Waals surface area contributed by atoms with Crippen molar-refractivity contribution in [1.29, 1.82) is 0 Å². The highest BCUT2D eigenvalue weighted by molar-refractivity contribution is 5.73. The van der Waals surface area contributed by atoms with Crippen molar-refractivity contribution in [2.24, 2.45) is 11.8 Å². The van der Waals surface area contributed by atoms with Crippen LogP contribution in [-0.4, -0.2) is 53.3 Å². The van der Waals surface area contributed by atoms with Gasteiger partial charge in [-0.1, -0.05) is 31.4 Å². The number of nitrogens with one attached hydrogen (secondary N) is 1. The molecule has 0 aromatic heterocycles. The smallest absolute Gasteiger partial charge is 0.475 e. The van der Waals surface area contributed by atoms with Crippen LogP contribution in [0.4, 0.5) is 18.9 Å². The molecule has 1 aromatic rings. The van der Waals surface area contributed by atoms with Crippen LogP contribution in [0, 0.1) is 22.0 Å². The van der Waals surface area contributed by atoms with Gasteiger partial charge in [-0.05, 0) is 62.7 Å². The Morgan fingerprint density at radius 1 is 1.12 bits per heavy atom. The van der Waals surface area contributed by atoms with E-state index < -0.39 is 12.1 Å². The van der Waals surface area contributed by atoms with Crippen molar-refractivity contribution >= 4 is 11.7 Å². The maximum absolute atomic E-state index is 10.8. The molecule has 0 amide bonds. The minimum absolute atomic E-state index is 0.176. The minimum atomic E-state index is -5.08. The van der Waals surface area contributed by atoms with E-state index in [4.69, 9.17) is 9.90 Å². The zero-order valence-corrected chi connectivity index (χ0v) is 18.1. The number of likely N-dealkylation sites (tertiary alicyclic amines) is 1. The summed E-state index contributed by atoms with van der Waals surface area (Å²) < 4.78 is 31.7. The van der Waals surface area contributed by atoms with Gasteiger partial charge >= 0.3 is 12.1 Å². The third kappa shape index (κ3) is 9.52. The molecule has 0 radical (unpaired) electrons. The fraction of sp³-hybridized carbons (Fsp3) is 0.682. The highest BCUT2D eigenvalue weighted by atomic mass is 19.4. The topological polar surface area (TPSA) is 95.7 Å². The minimum Gasteiger partial charge on any atom is -0.475 e. The van der Waals surface area contributed by atoms with E-state index in [0.29, 0.717) is 6.54 Å². The Labute approximate surface area is 186 Å². The van der Waals surface area contributed by atoms with Gasteiger partial charge in [-0.2, -0.15) is 13.2 Å². The first kappa shape index (κ1) is 26.1. The first-order valence-electron chi connectivity index (χ1n) is 11.1. The van der Waals surface area contributed by atoms with Crippen molar-refractivity contribution in [2.45, 2.75) is 57.7 Å². The lowest BCUT2D eigenvalue weighted by molar-refractivity contribution is -0.384. The SMILES string of the molecule is O=C(O)C(F)(F)F.O=[N+]([O-])c1cccc(CNCC2CCN(CC3CCCCC3)CC2)c1. The Morgan fingerprint density at radius 3 is 2.31 bits per heavy atom. The maximum atomic E-state index is 10.8. The van der Waals surface area contributed by atoms with Crippen molar-refractivity contribution in [3.05, 3.63) is 39.9 Å². The summed E-state index contributed by atoms with van der Waals surface area (Å²) in [6, 6.07) is 6.93. The Hall–Kier alpha value is -2.20. The monoisotopic (exact) mass is 459 g/mol. The molecule has 3 rings (SSSR count). The maximum Gasteiger partial charge on any atom is 0.490 e. The summed E-state index contributed by atoms with van der Waals surface area (Å²) >= 11 is 0. The van der Waals surface area contributed by atoms with E-state index in [9.17, 15) is 23.3 Å². The Morgan fingerprint density at radius 2 is 1.75 bits per heavy atom. The number of alkyl halides is 3. The number of non-ortho nitro benzene ring substituents is 1. The molecule has 7 nitrogen and oxygen atoms in total. The van der Waals surface area contributed by atoms with E-state index in [1.54, 1.807) is 18.2 Å². The number of nitro groups is 1. The van der Waals surface area contributed by atoms with Gasteiger partial charge in [0.15, 0.2) is 0 Å². The summed E-state index contributed by atoms with van der Waals surface area (Å²) in [6.45, 7) is 5.51. The first-order chi connectivity index (χ1) is 15.1. The van der Waals surface area contributed by atoms with Gasteiger partial charge in [0.2, 0.25) is 0 Å². The van der Waals surface area contributed by atoms with Gasteiger partial charge in [0.1, 0.15) is 0 Å². The van der Waals surface area contributed by atoms with Crippen molar-refractivity contribution in [3.63, 3.8) is 0 Å². The molecule has 32 heavy (non-hydrogen) atoms. The van der Waals surface area contributed by atoms with E-state index in [0.717, 1.165) is 23.9 Å². The molecule has 0 atom stereocenters. The summed E-state index contributed by atoms with van der Waals surface area (Å²) in [4.78, 5) is 22.1. The lowest BCUT2D eigenvalue weighted by Gasteiger charge is -2.35. The molecule has 1 aliphatic carbocycles. The van der Waals surface area contributed by atoms with Gasteiger partial charge in [-0.15, -0.1) is 0 Å². The summed E-state index contributed by atoms with van der Waals surface area (Å²) in [5, 5.41) is 21.4. The van der Waals surface area contributed by atoms with Crippen LogP contribution in [0.5, 0.6) is 0 Å². The normalized spacial score (nSPS) is 18.6. The molecule has 0 spiro atoms. The van der Waals surface area contributed by atoms with E-state index in [1.165, 1.54) is 64.6 Å². The number of piperidine rings is 1. The molecule has 180 valence electrons. The van der Waals surface area contributed by atoms with Gasteiger partial charge in [-0.25, -0.2) is 4.79 Å². The van der Waals surface area contributed by atoms with Gasteiger partial charge in [0.05, 0.1) is 4.92 Å². The predicted octanol–water partition coefficient (Wildman–Crippen LogP) is 4.61. The number of nitrogens with zero attached hydrogens (tertiary/aromatic N) is 2.